The highest BCUT2D eigenvalue weighted by atomic mass is 32.2. The second-order valence-corrected chi connectivity index (χ2v) is 10.1. The number of hydrogen-bond donors (Lipinski definition) is 0. The Morgan fingerprint density at radius 3 is 2.15 bits per heavy atom. The van der Waals surface area contributed by atoms with Gasteiger partial charge in [0.25, 0.3) is 5.88 Å². The molecule has 0 saturated heterocycles. The van der Waals surface area contributed by atoms with Crippen LogP contribution in [0.25, 0.3) is 11.1 Å². The van der Waals surface area contributed by atoms with E-state index in [-0.39, 0.29) is 34.4 Å². The predicted octanol–water partition coefficient (Wildman–Crippen LogP) is 4.86. The molecule has 0 aliphatic rings. The highest BCUT2D eigenvalue weighted by Gasteiger charge is 2.49. The van der Waals surface area contributed by atoms with Gasteiger partial charge in [0.15, 0.2) is 0 Å². The highest BCUT2D eigenvalue weighted by Crippen LogP contribution is 2.39. The van der Waals surface area contributed by atoms with E-state index in [2.05, 4.69) is 9.17 Å². The zero-order valence-electron chi connectivity index (χ0n) is 19.3. The van der Waals surface area contributed by atoms with E-state index in [9.17, 15) is 31.6 Å². The summed E-state index contributed by atoms with van der Waals surface area (Å²) in [6.45, 7) is 9.74. The van der Waals surface area contributed by atoms with Gasteiger partial charge in [-0.2, -0.15) is 26.9 Å². The minimum absolute atomic E-state index is 0.0115. The molecule has 2 aromatic rings. The quantitative estimate of drug-likeness (QED) is 0.239. The van der Waals surface area contributed by atoms with E-state index in [0.717, 1.165) is 0 Å². The van der Waals surface area contributed by atoms with E-state index in [1.165, 1.54) is 31.2 Å². The normalized spacial score (nSPS) is 12.3. The Balaban J connectivity index is 2.87. The van der Waals surface area contributed by atoms with E-state index < -0.39 is 38.5 Å². The standard InChI is InChI=1S/C22H23F3N2O6S/c1-12(2)31-15-7-14(8-16(9-15)32-13(3)28)17-10-19(21(4,5)6)27-20(18(17)11-26)33-34(29,30)22(23,24)25/h7-10,12H,1-6H3. The molecule has 0 amide bonds. The lowest BCUT2D eigenvalue weighted by molar-refractivity contribution is -0.131. The molecule has 2 rings (SSSR count). The number of hydrogen-bond acceptors (Lipinski definition) is 8. The number of alkyl halides is 3. The lowest BCUT2D eigenvalue weighted by Gasteiger charge is -2.21. The number of nitrogens with zero attached hydrogens (tertiary/aromatic N) is 2. The number of halogens is 3. The van der Waals surface area contributed by atoms with Crippen molar-refractivity contribution in [2.75, 3.05) is 0 Å². The first-order valence-electron chi connectivity index (χ1n) is 9.91. The molecule has 0 aliphatic carbocycles. The van der Waals surface area contributed by atoms with Gasteiger partial charge in [0.2, 0.25) is 0 Å². The molecule has 0 radical (unpaired) electrons. The van der Waals surface area contributed by atoms with Gasteiger partial charge in [-0.3, -0.25) is 4.79 Å². The number of aromatic nitrogens is 1. The minimum atomic E-state index is -6.10. The van der Waals surface area contributed by atoms with E-state index in [0.29, 0.717) is 0 Å². The molecule has 8 nitrogen and oxygen atoms in total. The van der Waals surface area contributed by atoms with E-state index in [4.69, 9.17) is 9.47 Å². The van der Waals surface area contributed by atoms with Crippen LogP contribution in [0, 0.1) is 11.3 Å². The zero-order chi connectivity index (χ0) is 26.1. The predicted molar refractivity (Wildman–Crippen MR) is 116 cm³/mol. The van der Waals surface area contributed by atoms with Gasteiger partial charge in [0.05, 0.1) is 11.8 Å². The number of carbonyl (C=O) groups excluding carboxylic acids is 1. The van der Waals surface area contributed by atoms with Crippen LogP contribution in [0.2, 0.25) is 0 Å². The van der Waals surface area contributed by atoms with E-state index >= 15 is 0 Å². The van der Waals surface area contributed by atoms with Crippen LogP contribution in [-0.2, 0) is 20.3 Å². The monoisotopic (exact) mass is 500 g/mol. The smallest absolute Gasteiger partial charge is 0.491 e. The maximum atomic E-state index is 13.0. The van der Waals surface area contributed by atoms with Crippen molar-refractivity contribution in [1.29, 1.82) is 5.26 Å². The molecular formula is C22H23F3N2O6S. The Labute approximate surface area is 195 Å². The Morgan fingerprint density at radius 1 is 1.09 bits per heavy atom. The van der Waals surface area contributed by atoms with E-state index in [1.54, 1.807) is 40.7 Å². The third-order valence-electron chi connectivity index (χ3n) is 4.16. The molecule has 0 N–H and O–H groups in total. The summed E-state index contributed by atoms with van der Waals surface area (Å²) in [6.07, 6.45) is -0.283. The zero-order valence-corrected chi connectivity index (χ0v) is 20.1. The first-order chi connectivity index (χ1) is 15.4. The van der Waals surface area contributed by atoms with Gasteiger partial charge in [-0.05, 0) is 37.6 Å². The van der Waals surface area contributed by atoms with Crippen LogP contribution < -0.4 is 13.7 Å². The van der Waals surface area contributed by atoms with E-state index in [1.807, 2.05) is 0 Å². The molecular weight excluding hydrogens is 477 g/mol. The first-order valence-corrected chi connectivity index (χ1v) is 11.3. The molecule has 0 bridgehead atoms. The number of nitriles is 1. The maximum Gasteiger partial charge on any atom is 0.534 e. The summed E-state index contributed by atoms with van der Waals surface area (Å²) in [6, 6.07) is 7.35. The van der Waals surface area contributed by atoms with Crippen molar-refractivity contribution in [2.45, 2.75) is 58.6 Å². The Hall–Kier alpha value is -3.33. The summed E-state index contributed by atoms with van der Waals surface area (Å²) in [5.41, 5.74) is -6.69. The fourth-order valence-electron chi connectivity index (χ4n) is 2.75. The lowest BCUT2D eigenvalue weighted by atomic mass is 9.88. The molecule has 0 atom stereocenters. The largest absolute Gasteiger partial charge is 0.534 e. The fourth-order valence-corrected chi connectivity index (χ4v) is 3.17. The van der Waals surface area contributed by atoms with Gasteiger partial charge in [-0.25, -0.2) is 4.98 Å². The summed E-state index contributed by atoms with van der Waals surface area (Å²) in [5, 5.41) is 9.72. The number of carbonyl (C=O) groups is 1. The topological polar surface area (TPSA) is 116 Å². The Morgan fingerprint density at radius 2 is 1.68 bits per heavy atom. The van der Waals surface area contributed by atoms with Crippen molar-refractivity contribution in [2.24, 2.45) is 0 Å². The molecule has 0 spiro atoms. The number of ether oxygens (including phenoxy) is 2. The van der Waals surface area contributed by atoms with Gasteiger partial charge < -0.3 is 13.7 Å². The number of esters is 1. The summed E-state index contributed by atoms with van der Waals surface area (Å²) in [5.74, 6) is -1.37. The lowest BCUT2D eigenvalue weighted by Crippen LogP contribution is -2.29. The van der Waals surface area contributed by atoms with Crippen LogP contribution in [0.1, 0.15) is 52.8 Å². The second-order valence-electron chi connectivity index (χ2n) is 8.53. The average molecular weight is 500 g/mol. The Kier molecular flexibility index (Phi) is 7.52. The van der Waals surface area contributed by atoms with Crippen LogP contribution >= 0.6 is 0 Å². The molecule has 1 aromatic carbocycles. The molecule has 1 heterocycles. The van der Waals surface area contributed by atoms with Crippen LogP contribution in [0.4, 0.5) is 13.2 Å². The number of benzene rings is 1. The highest BCUT2D eigenvalue weighted by molar-refractivity contribution is 7.87. The third-order valence-corrected chi connectivity index (χ3v) is 5.11. The van der Waals surface area contributed by atoms with Crippen LogP contribution in [-0.4, -0.2) is 31.0 Å². The van der Waals surface area contributed by atoms with Crippen LogP contribution in [0.15, 0.2) is 24.3 Å². The number of pyridine rings is 1. The second kappa shape index (κ2) is 9.50. The van der Waals surface area contributed by atoms with Crippen molar-refractivity contribution < 1.29 is 40.0 Å². The molecule has 0 fully saturated rings. The molecule has 0 saturated carbocycles. The molecule has 12 heteroatoms. The third kappa shape index (κ3) is 6.38. The maximum absolute atomic E-state index is 13.0. The van der Waals surface area contributed by atoms with Crippen molar-refractivity contribution >= 4 is 16.1 Å². The van der Waals surface area contributed by atoms with Gasteiger partial charge in [-0.15, -0.1) is 0 Å². The average Bonchev–Trinajstić information content (AvgIpc) is 2.64. The minimum Gasteiger partial charge on any atom is -0.491 e. The van der Waals surface area contributed by atoms with Crippen LogP contribution in [0.5, 0.6) is 17.4 Å². The fraction of sp³-hybridized carbons (Fsp3) is 0.409. The Bertz CT molecular complexity index is 1240. The molecule has 184 valence electrons. The van der Waals surface area contributed by atoms with Crippen molar-refractivity contribution in [3.8, 4) is 34.6 Å². The van der Waals surface area contributed by atoms with Crippen LogP contribution in [0.3, 0.4) is 0 Å². The van der Waals surface area contributed by atoms with Gasteiger partial charge in [0, 0.05) is 24.0 Å². The van der Waals surface area contributed by atoms with Gasteiger partial charge >= 0.3 is 21.6 Å². The SMILES string of the molecule is CC(=O)Oc1cc(OC(C)C)cc(-c2cc(C(C)(C)C)nc(OS(=O)(=O)C(F)(F)F)c2C#N)c1. The van der Waals surface area contributed by atoms with Crippen molar-refractivity contribution in [3.63, 3.8) is 0 Å². The summed E-state index contributed by atoms with van der Waals surface area (Å²) in [7, 11) is -6.10. The molecule has 0 unspecified atom stereocenters. The van der Waals surface area contributed by atoms with Gasteiger partial charge in [-0.1, -0.05) is 20.8 Å². The molecule has 1 aromatic heterocycles. The van der Waals surface area contributed by atoms with Crippen molar-refractivity contribution in [1.82, 2.24) is 4.98 Å². The molecule has 0 aliphatic heterocycles. The number of rotatable bonds is 6. The summed E-state index contributed by atoms with van der Waals surface area (Å²) in [4.78, 5) is 15.4. The molecule has 34 heavy (non-hydrogen) atoms. The van der Waals surface area contributed by atoms with Gasteiger partial charge in [0.1, 0.15) is 23.1 Å². The van der Waals surface area contributed by atoms with Crippen molar-refractivity contribution in [3.05, 3.63) is 35.5 Å². The first kappa shape index (κ1) is 26.9. The summed E-state index contributed by atoms with van der Waals surface area (Å²) < 4.78 is 77.3. The summed E-state index contributed by atoms with van der Waals surface area (Å²) >= 11 is 0.